The third kappa shape index (κ3) is 5.67. The zero-order valence-corrected chi connectivity index (χ0v) is 19.8. The van der Waals surface area contributed by atoms with Gasteiger partial charge >= 0.3 is 0 Å². The fourth-order valence-corrected chi connectivity index (χ4v) is 5.00. The molecule has 0 radical (unpaired) electrons. The largest absolute Gasteiger partial charge is 0.345 e. The highest BCUT2D eigenvalue weighted by Gasteiger charge is 2.50. The second kappa shape index (κ2) is 11.2. The Balaban J connectivity index is 2.11. The second-order valence-electron chi connectivity index (χ2n) is 8.15. The highest BCUT2D eigenvalue weighted by atomic mass is 32.1. The number of carbonyl (C=O) groups excluding carboxylic acids is 1. The Labute approximate surface area is 187 Å². The lowest BCUT2D eigenvalue weighted by atomic mass is 9.97. The van der Waals surface area contributed by atoms with E-state index >= 15 is 0 Å². The molecule has 2 saturated heterocycles. The summed E-state index contributed by atoms with van der Waals surface area (Å²) < 4.78 is 0. The lowest BCUT2D eigenvalue weighted by molar-refractivity contribution is -0.120. The number of hydrogen-bond acceptors (Lipinski definition) is 4. The predicted octanol–water partition coefficient (Wildman–Crippen LogP) is 2.85. The monoisotopic (exact) mass is 439 g/mol. The molecule has 2 aliphatic heterocycles. The quantitative estimate of drug-likeness (QED) is 0.308. The van der Waals surface area contributed by atoms with Crippen molar-refractivity contribution < 1.29 is 4.79 Å². The number of unbranched alkanes of at least 4 members (excludes halogenated alkanes) is 5. The van der Waals surface area contributed by atoms with Crippen molar-refractivity contribution in [3.63, 3.8) is 0 Å². The number of hydrogen-bond donors (Lipinski definition) is 2. The first-order valence-electron chi connectivity index (χ1n) is 10.9. The van der Waals surface area contributed by atoms with Crippen LogP contribution in [0.4, 0.5) is 0 Å². The summed E-state index contributed by atoms with van der Waals surface area (Å²) >= 11 is 11.5. The lowest BCUT2D eigenvalue weighted by Crippen LogP contribution is -2.74. The topological polar surface area (TPSA) is 50.9 Å². The van der Waals surface area contributed by atoms with Gasteiger partial charge in [-0.3, -0.25) is 4.79 Å². The molecular formula is C21H37N5OS2. The van der Waals surface area contributed by atoms with E-state index in [1.807, 2.05) is 11.0 Å². The summed E-state index contributed by atoms with van der Waals surface area (Å²) in [6, 6.07) is 0.0967. The third-order valence-electron chi connectivity index (χ3n) is 6.12. The maximum absolute atomic E-state index is 12.0. The van der Waals surface area contributed by atoms with Gasteiger partial charge in [-0.25, -0.2) is 0 Å². The minimum Gasteiger partial charge on any atom is -0.345 e. The molecule has 0 aromatic heterocycles. The van der Waals surface area contributed by atoms with Crippen molar-refractivity contribution >= 4 is 40.6 Å². The van der Waals surface area contributed by atoms with Crippen LogP contribution in [0.2, 0.25) is 0 Å². The Morgan fingerprint density at radius 2 is 2.03 bits per heavy atom. The van der Waals surface area contributed by atoms with E-state index < -0.39 is 5.66 Å². The maximum Gasteiger partial charge on any atom is 0.245 e. The summed E-state index contributed by atoms with van der Waals surface area (Å²) in [5, 5.41) is 7.60. The number of nitrogens with one attached hydrogen (secondary N) is 2. The van der Waals surface area contributed by atoms with Crippen LogP contribution in [0.1, 0.15) is 59.3 Å². The fraction of sp³-hybridized carbons (Fsp3) is 0.762. The molecule has 0 spiro atoms. The molecule has 8 heteroatoms. The van der Waals surface area contributed by atoms with Crippen LogP contribution in [-0.4, -0.2) is 75.3 Å². The molecule has 0 bridgehead atoms. The highest BCUT2D eigenvalue weighted by Crippen LogP contribution is 2.30. The van der Waals surface area contributed by atoms with Gasteiger partial charge in [0, 0.05) is 32.2 Å². The van der Waals surface area contributed by atoms with Crippen molar-refractivity contribution in [1.82, 2.24) is 25.3 Å². The van der Waals surface area contributed by atoms with E-state index in [1.54, 1.807) is 0 Å². The van der Waals surface area contributed by atoms with E-state index in [-0.39, 0.29) is 18.5 Å². The van der Waals surface area contributed by atoms with Crippen LogP contribution in [0.25, 0.3) is 0 Å². The molecule has 2 atom stereocenters. The van der Waals surface area contributed by atoms with Gasteiger partial charge in [0.25, 0.3) is 0 Å². The number of amides is 1. The summed E-state index contributed by atoms with van der Waals surface area (Å²) in [6.07, 6.45) is 9.43. The molecule has 0 aromatic carbocycles. The van der Waals surface area contributed by atoms with E-state index in [1.165, 1.54) is 32.1 Å². The molecule has 2 heterocycles. The zero-order valence-electron chi connectivity index (χ0n) is 18.2. The van der Waals surface area contributed by atoms with Crippen LogP contribution in [0.5, 0.6) is 0 Å². The smallest absolute Gasteiger partial charge is 0.245 e. The molecule has 2 N–H and O–H groups in total. The molecule has 2 fully saturated rings. The van der Waals surface area contributed by atoms with Gasteiger partial charge in [-0.1, -0.05) is 45.1 Å². The van der Waals surface area contributed by atoms with Crippen LogP contribution in [-0.2, 0) is 4.79 Å². The molecule has 2 aliphatic rings. The molecule has 1 amide bonds. The van der Waals surface area contributed by atoms with Gasteiger partial charge in [0.15, 0.2) is 10.2 Å². The van der Waals surface area contributed by atoms with Crippen LogP contribution in [0, 0.1) is 0 Å². The van der Waals surface area contributed by atoms with E-state index in [4.69, 9.17) is 24.4 Å². The average Bonchev–Trinajstić information content (AvgIpc) is 3.04. The Hall–Kier alpha value is -1.25. The normalized spacial score (nSPS) is 24.6. The number of piperazine rings is 1. The molecule has 6 nitrogen and oxygen atoms in total. The Morgan fingerprint density at radius 1 is 1.34 bits per heavy atom. The fourth-order valence-electron chi connectivity index (χ4n) is 4.20. The highest BCUT2D eigenvalue weighted by molar-refractivity contribution is 7.80. The summed E-state index contributed by atoms with van der Waals surface area (Å²) in [7, 11) is 0. The molecule has 0 saturated carbocycles. The standard InChI is InChI=1S/C21H37N5OS2/c1-5-7-8-9-10-11-14-24(13-6-2)20(29)25-15-12-22-17(3)21(25,4)26-16-18(27)23-19(26)28/h6,17,22H,2,5,7-16H2,1,3-4H3,(H,23,27,28). The predicted molar refractivity (Wildman–Crippen MR) is 128 cm³/mol. The number of carbonyl (C=O) groups is 1. The average molecular weight is 440 g/mol. The van der Waals surface area contributed by atoms with Gasteiger partial charge in [0.05, 0.1) is 0 Å². The summed E-state index contributed by atoms with van der Waals surface area (Å²) in [4.78, 5) is 18.4. The van der Waals surface area contributed by atoms with Crippen molar-refractivity contribution in [2.45, 2.75) is 71.0 Å². The van der Waals surface area contributed by atoms with Gasteiger partial charge in [-0.05, 0) is 44.7 Å². The first-order chi connectivity index (χ1) is 13.9. The van der Waals surface area contributed by atoms with Crippen molar-refractivity contribution in [2.75, 3.05) is 32.7 Å². The van der Waals surface area contributed by atoms with E-state index in [9.17, 15) is 4.79 Å². The Morgan fingerprint density at radius 3 is 2.66 bits per heavy atom. The molecule has 0 aromatic rings. The lowest BCUT2D eigenvalue weighted by Gasteiger charge is -2.55. The number of thiocarbonyl (C=S) groups is 2. The Bertz CT molecular complexity index is 614. The Kier molecular flexibility index (Phi) is 9.30. The molecule has 2 unspecified atom stereocenters. The van der Waals surface area contributed by atoms with Gasteiger partial charge in [0.2, 0.25) is 5.91 Å². The van der Waals surface area contributed by atoms with Crippen LogP contribution in [0.15, 0.2) is 12.7 Å². The van der Waals surface area contributed by atoms with E-state index in [0.717, 1.165) is 37.7 Å². The first kappa shape index (κ1) is 24.0. The summed E-state index contributed by atoms with van der Waals surface area (Å²) in [5.41, 5.74) is -0.508. The van der Waals surface area contributed by atoms with Gasteiger partial charge in [-0.2, -0.15) is 0 Å². The minimum absolute atomic E-state index is 0.0603. The van der Waals surface area contributed by atoms with Crippen LogP contribution in [0.3, 0.4) is 0 Å². The summed E-state index contributed by atoms with van der Waals surface area (Å²) in [5.74, 6) is -0.0603. The number of rotatable bonds is 10. The third-order valence-corrected chi connectivity index (χ3v) is 6.93. The second-order valence-corrected chi connectivity index (χ2v) is 8.90. The first-order valence-corrected chi connectivity index (χ1v) is 11.7. The van der Waals surface area contributed by atoms with Crippen molar-refractivity contribution in [1.29, 1.82) is 0 Å². The van der Waals surface area contributed by atoms with Crippen molar-refractivity contribution in [3.8, 4) is 0 Å². The van der Waals surface area contributed by atoms with Crippen molar-refractivity contribution in [2.24, 2.45) is 0 Å². The van der Waals surface area contributed by atoms with E-state index in [0.29, 0.717) is 5.11 Å². The van der Waals surface area contributed by atoms with Crippen LogP contribution >= 0.6 is 24.4 Å². The van der Waals surface area contributed by atoms with Crippen LogP contribution < -0.4 is 10.6 Å². The maximum atomic E-state index is 12.0. The molecule has 0 aliphatic carbocycles. The SMILES string of the molecule is C=CCN(CCCCCCCC)C(=S)N1CCNC(C)C1(C)N1CC(=O)NC1=S. The van der Waals surface area contributed by atoms with Crippen molar-refractivity contribution in [3.05, 3.63) is 12.7 Å². The molecular weight excluding hydrogens is 402 g/mol. The summed E-state index contributed by atoms with van der Waals surface area (Å²) in [6.45, 7) is 14.0. The zero-order chi connectivity index (χ0) is 21.4. The molecule has 29 heavy (non-hydrogen) atoms. The molecule has 164 valence electrons. The number of nitrogens with zero attached hydrogens (tertiary/aromatic N) is 3. The minimum atomic E-state index is -0.508. The van der Waals surface area contributed by atoms with Gasteiger partial charge in [-0.15, -0.1) is 6.58 Å². The van der Waals surface area contributed by atoms with Gasteiger partial charge < -0.3 is 25.3 Å². The van der Waals surface area contributed by atoms with Gasteiger partial charge in [0.1, 0.15) is 12.2 Å². The molecule has 2 rings (SSSR count). The van der Waals surface area contributed by atoms with E-state index in [2.05, 4.69) is 47.8 Å².